The second kappa shape index (κ2) is 18.9. The van der Waals surface area contributed by atoms with E-state index >= 15 is 0 Å². The highest BCUT2D eigenvalue weighted by Crippen LogP contribution is 2.36. The molecule has 2 N–H and O–H groups in total. The summed E-state index contributed by atoms with van der Waals surface area (Å²) in [5.41, 5.74) is 5.92. The van der Waals surface area contributed by atoms with Crippen molar-refractivity contribution in [1.82, 2.24) is 9.80 Å². The van der Waals surface area contributed by atoms with Crippen molar-refractivity contribution >= 4 is 63.6 Å². The van der Waals surface area contributed by atoms with Crippen LogP contribution >= 0.6 is 46.4 Å². The summed E-state index contributed by atoms with van der Waals surface area (Å²) in [5.74, 6) is -0.343. The summed E-state index contributed by atoms with van der Waals surface area (Å²) in [7, 11) is 0. The zero-order valence-electron chi connectivity index (χ0n) is 31.0. The molecule has 0 amide bonds. The number of nitrogens with zero attached hydrogens (tertiary/aromatic N) is 4. The van der Waals surface area contributed by atoms with Crippen LogP contribution in [0.1, 0.15) is 73.0 Å². The average molecular weight is 813 g/mol. The van der Waals surface area contributed by atoms with E-state index in [9.17, 15) is 15.0 Å². The molecule has 6 rings (SSSR count). The fraction of sp³-hybridized carbons (Fsp3) is 0.419. The lowest BCUT2D eigenvalue weighted by Crippen LogP contribution is -2.47. The quantitative estimate of drug-likeness (QED) is 0.132. The second-order valence-corrected chi connectivity index (χ2v) is 16.2. The van der Waals surface area contributed by atoms with Crippen molar-refractivity contribution in [2.24, 2.45) is 0 Å². The Hall–Kier alpha value is -2.85. The predicted octanol–water partition coefficient (Wildman–Crippen LogP) is 9.27. The molecule has 288 valence electrons. The minimum atomic E-state index is -0.603. The van der Waals surface area contributed by atoms with Gasteiger partial charge < -0.3 is 20.0 Å². The van der Waals surface area contributed by atoms with E-state index in [1.165, 1.54) is 0 Å². The van der Waals surface area contributed by atoms with Crippen molar-refractivity contribution in [1.29, 1.82) is 0 Å². The Balaban J connectivity index is 1.03. The van der Waals surface area contributed by atoms with Crippen LogP contribution in [0.2, 0.25) is 20.1 Å². The molecular weight excluding hydrogens is 762 g/mol. The number of Topliss-reactive ketones (excluding diaryl/α,β-unsaturated/α-hetero) is 1. The lowest BCUT2D eigenvalue weighted by atomic mass is 9.84. The first kappa shape index (κ1) is 40.8. The molecule has 2 saturated heterocycles. The minimum Gasteiger partial charge on any atom is -0.388 e. The molecule has 2 aliphatic rings. The second-order valence-electron chi connectivity index (χ2n) is 14.6. The number of piperazine rings is 2. The molecule has 0 aromatic heterocycles. The average Bonchev–Trinajstić information content (AvgIpc) is 3.20. The zero-order valence-corrected chi connectivity index (χ0v) is 34.0. The monoisotopic (exact) mass is 810 g/mol. The number of benzene rings is 4. The number of anilines is 2. The van der Waals surface area contributed by atoms with Gasteiger partial charge in [0.2, 0.25) is 0 Å². The van der Waals surface area contributed by atoms with Gasteiger partial charge in [0.05, 0.1) is 32.3 Å². The Morgan fingerprint density at radius 2 is 0.926 bits per heavy atom. The molecule has 4 aromatic carbocycles. The number of ketones is 1. The van der Waals surface area contributed by atoms with Gasteiger partial charge in [0.15, 0.2) is 0 Å². The number of aliphatic hydroxyl groups is 2. The first-order valence-corrected chi connectivity index (χ1v) is 20.4. The van der Waals surface area contributed by atoms with Crippen LogP contribution in [-0.4, -0.2) is 91.2 Å². The molecule has 4 atom stereocenters. The third kappa shape index (κ3) is 9.93. The van der Waals surface area contributed by atoms with E-state index in [2.05, 4.69) is 56.0 Å². The number of carbonyl (C=O) groups excluding carboxylic acids is 1. The maximum absolute atomic E-state index is 14.3. The van der Waals surface area contributed by atoms with Crippen molar-refractivity contribution in [2.45, 2.75) is 50.7 Å². The van der Waals surface area contributed by atoms with Gasteiger partial charge in [0.1, 0.15) is 5.78 Å². The van der Waals surface area contributed by atoms with Gasteiger partial charge >= 0.3 is 0 Å². The normalized spacial score (nSPS) is 18.0. The van der Waals surface area contributed by atoms with Gasteiger partial charge in [0.25, 0.3) is 0 Å². The highest BCUT2D eigenvalue weighted by atomic mass is 35.5. The van der Waals surface area contributed by atoms with Gasteiger partial charge in [-0.1, -0.05) is 109 Å². The fourth-order valence-electron chi connectivity index (χ4n) is 7.77. The van der Waals surface area contributed by atoms with E-state index in [1.54, 1.807) is 24.3 Å². The summed E-state index contributed by atoms with van der Waals surface area (Å²) in [6.07, 6.45) is 0.0180. The van der Waals surface area contributed by atoms with E-state index in [0.29, 0.717) is 32.9 Å². The molecule has 0 bridgehead atoms. The van der Waals surface area contributed by atoms with Crippen molar-refractivity contribution in [2.75, 3.05) is 75.2 Å². The third-order valence-electron chi connectivity index (χ3n) is 11.2. The fourth-order valence-corrected chi connectivity index (χ4v) is 8.39. The number of hydrogen-bond acceptors (Lipinski definition) is 7. The number of para-hydroxylation sites is 2. The zero-order chi connectivity index (χ0) is 38.4. The molecule has 0 saturated carbocycles. The molecule has 4 unspecified atom stereocenters. The molecule has 0 spiro atoms. The first-order chi connectivity index (χ1) is 26.0. The lowest BCUT2D eigenvalue weighted by Gasteiger charge is -2.38. The van der Waals surface area contributed by atoms with Crippen LogP contribution in [0, 0.1) is 0 Å². The van der Waals surface area contributed by atoms with Gasteiger partial charge in [-0.2, -0.15) is 0 Å². The van der Waals surface area contributed by atoms with Crippen LogP contribution in [-0.2, 0) is 4.79 Å². The molecule has 2 aliphatic heterocycles. The summed E-state index contributed by atoms with van der Waals surface area (Å²) >= 11 is 24.4. The Morgan fingerprint density at radius 3 is 1.30 bits per heavy atom. The van der Waals surface area contributed by atoms with Crippen LogP contribution in [0.4, 0.5) is 11.4 Å². The van der Waals surface area contributed by atoms with Crippen molar-refractivity contribution in [3.8, 4) is 0 Å². The molecular formula is C43H50Cl4N4O3. The van der Waals surface area contributed by atoms with E-state index in [-0.39, 0.29) is 17.6 Å². The van der Waals surface area contributed by atoms with Crippen molar-refractivity contribution < 1.29 is 15.0 Å². The van der Waals surface area contributed by atoms with E-state index in [4.69, 9.17) is 46.4 Å². The van der Waals surface area contributed by atoms with Crippen LogP contribution in [0.25, 0.3) is 0 Å². The van der Waals surface area contributed by atoms with Crippen molar-refractivity contribution in [3.05, 3.63) is 127 Å². The van der Waals surface area contributed by atoms with Gasteiger partial charge in [-0.25, -0.2) is 0 Å². The number of halogens is 4. The van der Waals surface area contributed by atoms with Crippen LogP contribution < -0.4 is 9.80 Å². The standard InChI is InChI=1S/C43H50Cl4N4O3/c1-29(33-7-3-5-9-39(33)50-23-19-48(20-24-50)17-15-41(52)31-11-13-35(44)37(46)27-31)43(54)30(2)34-8-4-6-10-40(34)51-25-21-49(22-26-51)18-16-42(53)32-12-14-36(45)38(47)28-32/h3-14,27-30,41-42,52-53H,15-26H2,1-2H3. The van der Waals surface area contributed by atoms with Crippen LogP contribution in [0.15, 0.2) is 84.9 Å². The Morgan fingerprint density at radius 1 is 0.556 bits per heavy atom. The smallest absolute Gasteiger partial charge is 0.147 e. The maximum Gasteiger partial charge on any atom is 0.147 e. The highest BCUT2D eigenvalue weighted by Gasteiger charge is 2.30. The number of rotatable bonds is 14. The molecule has 54 heavy (non-hydrogen) atoms. The number of aliphatic hydroxyl groups excluding tert-OH is 2. The summed E-state index contributed by atoms with van der Waals surface area (Å²) in [5, 5.41) is 23.4. The summed E-state index contributed by atoms with van der Waals surface area (Å²) in [6, 6.07) is 27.3. The van der Waals surface area contributed by atoms with Gasteiger partial charge in [-0.3, -0.25) is 14.6 Å². The Labute approximate surface area is 340 Å². The highest BCUT2D eigenvalue weighted by molar-refractivity contribution is 6.42. The topological polar surface area (TPSA) is 70.5 Å². The first-order valence-electron chi connectivity index (χ1n) is 18.9. The van der Waals surface area contributed by atoms with Crippen molar-refractivity contribution in [3.63, 3.8) is 0 Å². The molecule has 2 heterocycles. The number of carbonyl (C=O) groups is 1. The van der Waals surface area contributed by atoms with Crippen LogP contribution in [0.3, 0.4) is 0 Å². The SMILES string of the molecule is CC(C(=O)C(C)c1ccccc1N1CCN(CCC(O)c2ccc(Cl)c(Cl)c2)CC1)c1ccccc1N1CCN(CCC(O)c2ccc(Cl)c(Cl)c2)CC1. The Kier molecular flexibility index (Phi) is 14.2. The molecule has 2 fully saturated rings. The number of hydrogen-bond donors (Lipinski definition) is 2. The summed E-state index contributed by atoms with van der Waals surface area (Å²) in [4.78, 5) is 23.9. The molecule has 0 radical (unpaired) electrons. The summed E-state index contributed by atoms with van der Waals surface area (Å²) in [6.45, 7) is 12.5. The Bertz CT molecular complexity index is 1750. The molecule has 7 nitrogen and oxygen atoms in total. The van der Waals surface area contributed by atoms with Gasteiger partial charge in [-0.05, 0) is 71.5 Å². The van der Waals surface area contributed by atoms with Gasteiger partial charge in [-0.15, -0.1) is 0 Å². The third-order valence-corrected chi connectivity index (χ3v) is 12.7. The van der Waals surface area contributed by atoms with Crippen LogP contribution in [0.5, 0.6) is 0 Å². The largest absolute Gasteiger partial charge is 0.388 e. The molecule has 11 heteroatoms. The van der Waals surface area contributed by atoms with E-state index < -0.39 is 12.2 Å². The predicted molar refractivity (Wildman–Crippen MR) is 224 cm³/mol. The van der Waals surface area contributed by atoms with E-state index in [0.717, 1.165) is 99.1 Å². The minimum absolute atomic E-state index is 0.208. The van der Waals surface area contributed by atoms with Gasteiger partial charge in [0, 0.05) is 88.7 Å². The summed E-state index contributed by atoms with van der Waals surface area (Å²) < 4.78 is 0. The molecule has 4 aromatic rings. The lowest BCUT2D eigenvalue weighted by molar-refractivity contribution is -0.121. The van der Waals surface area contributed by atoms with E-state index in [1.807, 2.05) is 38.1 Å². The maximum atomic E-state index is 14.3. The molecule has 0 aliphatic carbocycles.